The molecule has 1 aromatic carbocycles. The lowest BCUT2D eigenvalue weighted by Gasteiger charge is -2.35. The van der Waals surface area contributed by atoms with Gasteiger partial charge in [0.1, 0.15) is 5.82 Å². The number of aryl methyl sites for hydroxylation is 1. The van der Waals surface area contributed by atoms with Gasteiger partial charge < -0.3 is 9.80 Å². The Morgan fingerprint density at radius 2 is 1.79 bits per heavy atom. The van der Waals surface area contributed by atoms with Gasteiger partial charge in [-0.1, -0.05) is 36.4 Å². The summed E-state index contributed by atoms with van der Waals surface area (Å²) in [6, 6.07) is 17.1. The molecule has 0 atom stereocenters. The van der Waals surface area contributed by atoms with Crippen LogP contribution < -0.4 is 10.5 Å². The lowest BCUT2D eigenvalue weighted by molar-refractivity contribution is 0.0745. The third kappa shape index (κ3) is 4.45. The van der Waals surface area contributed by atoms with Crippen LogP contribution in [-0.2, 0) is 6.42 Å². The number of hydrogen-bond donors (Lipinski definition) is 1. The van der Waals surface area contributed by atoms with E-state index in [1.54, 1.807) is 24.0 Å². The minimum Gasteiger partial charge on any atom is -0.353 e. The first kappa shape index (κ1) is 21.6. The summed E-state index contributed by atoms with van der Waals surface area (Å²) in [4.78, 5) is 41.3. The molecule has 1 amide bonds. The van der Waals surface area contributed by atoms with E-state index in [0.717, 1.165) is 11.4 Å². The van der Waals surface area contributed by atoms with E-state index in [-0.39, 0.29) is 11.5 Å². The van der Waals surface area contributed by atoms with Crippen molar-refractivity contribution in [1.82, 2.24) is 29.6 Å². The van der Waals surface area contributed by atoms with E-state index in [0.29, 0.717) is 55.5 Å². The normalized spacial score (nSPS) is 13.8. The van der Waals surface area contributed by atoms with Crippen molar-refractivity contribution in [3.05, 3.63) is 99.9 Å². The molecule has 1 saturated heterocycles. The zero-order valence-corrected chi connectivity index (χ0v) is 18.9. The molecule has 9 nitrogen and oxygen atoms in total. The summed E-state index contributed by atoms with van der Waals surface area (Å²) < 4.78 is 1.57. The summed E-state index contributed by atoms with van der Waals surface area (Å²) in [5, 5.41) is 4.46. The Morgan fingerprint density at radius 3 is 2.50 bits per heavy atom. The largest absolute Gasteiger partial charge is 0.353 e. The average Bonchev–Trinajstić information content (AvgIpc) is 3.28. The maximum absolute atomic E-state index is 13.6. The van der Waals surface area contributed by atoms with E-state index in [4.69, 9.17) is 0 Å². The quantitative estimate of drug-likeness (QED) is 0.495. The summed E-state index contributed by atoms with van der Waals surface area (Å²) >= 11 is 0. The average molecular weight is 456 g/mol. The second kappa shape index (κ2) is 9.30. The van der Waals surface area contributed by atoms with Crippen LogP contribution in [0.2, 0.25) is 0 Å². The predicted octanol–water partition coefficient (Wildman–Crippen LogP) is 2.21. The number of rotatable bonds is 5. The molecule has 9 heteroatoms. The van der Waals surface area contributed by atoms with Crippen LogP contribution in [-0.4, -0.2) is 61.7 Å². The minimum atomic E-state index is -0.262. The molecule has 0 radical (unpaired) electrons. The molecule has 4 heterocycles. The van der Waals surface area contributed by atoms with Crippen molar-refractivity contribution >= 4 is 11.7 Å². The van der Waals surface area contributed by atoms with Gasteiger partial charge in [-0.05, 0) is 24.6 Å². The summed E-state index contributed by atoms with van der Waals surface area (Å²) in [6.45, 7) is 4.34. The van der Waals surface area contributed by atoms with Gasteiger partial charge in [0, 0.05) is 50.6 Å². The van der Waals surface area contributed by atoms with Crippen molar-refractivity contribution < 1.29 is 4.79 Å². The molecule has 0 bridgehead atoms. The van der Waals surface area contributed by atoms with E-state index < -0.39 is 0 Å². The highest BCUT2D eigenvalue weighted by Gasteiger charge is 2.27. The SMILES string of the molecule is Cc1cc(=O)[nH]c(-n2ncc(C(=O)N3CCN(c4ccccn4)CC3)c2Cc2ccccc2)n1. The number of aromatic amines is 1. The smallest absolute Gasteiger partial charge is 0.257 e. The molecular formula is C25H25N7O2. The zero-order valence-electron chi connectivity index (χ0n) is 18.9. The third-order valence-electron chi connectivity index (χ3n) is 5.91. The van der Waals surface area contributed by atoms with Crippen LogP contribution in [0, 0.1) is 6.92 Å². The van der Waals surface area contributed by atoms with E-state index >= 15 is 0 Å². The molecule has 3 aromatic heterocycles. The highest BCUT2D eigenvalue weighted by Crippen LogP contribution is 2.20. The first-order valence-corrected chi connectivity index (χ1v) is 11.2. The van der Waals surface area contributed by atoms with Crippen LogP contribution in [0.3, 0.4) is 0 Å². The number of nitrogens with zero attached hydrogens (tertiary/aromatic N) is 6. The number of aromatic nitrogens is 5. The number of anilines is 1. The number of carbonyl (C=O) groups is 1. The molecule has 1 aliphatic heterocycles. The van der Waals surface area contributed by atoms with Crippen LogP contribution in [0.1, 0.15) is 27.3 Å². The van der Waals surface area contributed by atoms with Crippen molar-refractivity contribution in [1.29, 1.82) is 0 Å². The van der Waals surface area contributed by atoms with Gasteiger partial charge in [0.15, 0.2) is 0 Å². The minimum absolute atomic E-state index is 0.0761. The van der Waals surface area contributed by atoms with Crippen LogP contribution in [0.4, 0.5) is 5.82 Å². The fourth-order valence-electron chi connectivity index (χ4n) is 4.21. The lowest BCUT2D eigenvalue weighted by Crippen LogP contribution is -2.49. The Labute approximate surface area is 196 Å². The van der Waals surface area contributed by atoms with Gasteiger partial charge in [-0.25, -0.2) is 14.6 Å². The fourth-order valence-corrected chi connectivity index (χ4v) is 4.21. The number of pyridine rings is 1. The third-order valence-corrected chi connectivity index (χ3v) is 5.91. The van der Waals surface area contributed by atoms with Crippen LogP contribution >= 0.6 is 0 Å². The number of piperazine rings is 1. The Morgan fingerprint density at radius 1 is 1.03 bits per heavy atom. The van der Waals surface area contributed by atoms with Crippen molar-refractivity contribution in [2.75, 3.05) is 31.1 Å². The highest BCUT2D eigenvalue weighted by molar-refractivity contribution is 5.95. The first-order valence-electron chi connectivity index (χ1n) is 11.2. The van der Waals surface area contributed by atoms with Gasteiger partial charge in [0.25, 0.3) is 11.5 Å². The Balaban J connectivity index is 1.44. The number of H-pyrrole nitrogens is 1. The van der Waals surface area contributed by atoms with Crippen molar-refractivity contribution in [3.63, 3.8) is 0 Å². The topological polar surface area (TPSA) is 100 Å². The molecule has 4 aromatic rings. The number of carbonyl (C=O) groups excluding carboxylic acids is 1. The van der Waals surface area contributed by atoms with E-state index in [1.807, 2.05) is 53.4 Å². The standard InChI is InChI=1S/C25H25N7O2/c1-18-15-23(33)29-25(28-18)32-21(16-19-7-3-2-4-8-19)20(17-27-32)24(34)31-13-11-30(12-14-31)22-9-5-6-10-26-22/h2-10,15,17H,11-14,16H2,1H3,(H,28,29,33). The molecule has 1 aliphatic rings. The molecule has 0 saturated carbocycles. The van der Waals surface area contributed by atoms with Crippen LogP contribution in [0.5, 0.6) is 0 Å². The van der Waals surface area contributed by atoms with Gasteiger partial charge >= 0.3 is 0 Å². The molecule has 172 valence electrons. The molecule has 0 spiro atoms. The zero-order chi connectivity index (χ0) is 23.5. The summed E-state index contributed by atoms with van der Waals surface area (Å²) in [5.41, 5.74) is 2.56. The number of hydrogen-bond acceptors (Lipinski definition) is 6. The van der Waals surface area contributed by atoms with Gasteiger partial charge in [-0.15, -0.1) is 0 Å². The lowest BCUT2D eigenvalue weighted by atomic mass is 10.1. The van der Waals surface area contributed by atoms with Crippen molar-refractivity contribution in [2.45, 2.75) is 13.3 Å². The fraction of sp³-hybridized carbons (Fsp3) is 0.240. The molecule has 5 rings (SSSR count). The Hall–Kier alpha value is -4.27. The molecule has 0 unspecified atom stereocenters. The van der Waals surface area contributed by atoms with Crippen LogP contribution in [0.25, 0.3) is 5.95 Å². The maximum Gasteiger partial charge on any atom is 0.257 e. The Bertz CT molecular complexity index is 1340. The summed E-state index contributed by atoms with van der Waals surface area (Å²) in [7, 11) is 0. The number of amides is 1. The van der Waals surface area contributed by atoms with E-state index in [9.17, 15) is 9.59 Å². The maximum atomic E-state index is 13.6. The van der Waals surface area contributed by atoms with E-state index in [1.165, 1.54) is 6.07 Å². The number of nitrogens with one attached hydrogen (secondary N) is 1. The van der Waals surface area contributed by atoms with Gasteiger partial charge in [-0.3, -0.25) is 14.6 Å². The van der Waals surface area contributed by atoms with E-state index in [2.05, 4.69) is 25.0 Å². The molecule has 0 aliphatic carbocycles. The summed E-state index contributed by atoms with van der Waals surface area (Å²) in [6.07, 6.45) is 3.84. The second-order valence-corrected chi connectivity index (χ2v) is 8.26. The monoisotopic (exact) mass is 455 g/mol. The molecule has 1 fully saturated rings. The molecular weight excluding hydrogens is 430 g/mol. The van der Waals surface area contributed by atoms with Crippen molar-refractivity contribution in [3.8, 4) is 5.95 Å². The van der Waals surface area contributed by atoms with Gasteiger partial charge in [0.05, 0.1) is 17.5 Å². The molecule has 34 heavy (non-hydrogen) atoms. The van der Waals surface area contributed by atoms with Gasteiger partial charge in [-0.2, -0.15) is 5.10 Å². The first-order chi connectivity index (χ1) is 16.6. The number of benzene rings is 1. The molecule has 1 N–H and O–H groups in total. The van der Waals surface area contributed by atoms with Crippen molar-refractivity contribution in [2.24, 2.45) is 0 Å². The summed E-state index contributed by atoms with van der Waals surface area (Å²) in [5.74, 6) is 1.14. The van der Waals surface area contributed by atoms with Gasteiger partial charge in [0.2, 0.25) is 5.95 Å². The highest BCUT2D eigenvalue weighted by atomic mass is 16.2. The van der Waals surface area contributed by atoms with Crippen LogP contribution in [0.15, 0.2) is 71.8 Å². The second-order valence-electron chi connectivity index (χ2n) is 8.26. The Kier molecular flexibility index (Phi) is 5.90. The predicted molar refractivity (Wildman–Crippen MR) is 128 cm³/mol.